The lowest BCUT2D eigenvalue weighted by Crippen LogP contribution is -2.29. The summed E-state index contributed by atoms with van der Waals surface area (Å²) < 4.78 is 5.62. The van der Waals surface area contributed by atoms with E-state index in [0.717, 1.165) is 17.9 Å². The first-order valence-corrected chi connectivity index (χ1v) is 6.97. The minimum absolute atomic E-state index is 0.159. The first-order chi connectivity index (χ1) is 10.3. The molecule has 1 atom stereocenters. The molecule has 108 valence electrons. The molecule has 0 saturated heterocycles. The predicted octanol–water partition coefficient (Wildman–Crippen LogP) is 2.38. The summed E-state index contributed by atoms with van der Waals surface area (Å²) in [6, 6.07) is 11.0. The summed E-state index contributed by atoms with van der Waals surface area (Å²) in [4.78, 5) is 16.7. The van der Waals surface area contributed by atoms with Gasteiger partial charge in [0, 0.05) is 12.7 Å². The standard InChI is InChI=1S/C16H17N3O2/c1-11(13-6-2-3-8-17-13)19-16(20)12-5-4-7-14-15(12)21-10-9-18-14/h2-8,11,18H,9-10H2,1H3,(H,19,20)/t11-/m0/s1. The van der Waals surface area contributed by atoms with Crippen molar-refractivity contribution in [2.24, 2.45) is 0 Å². The van der Waals surface area contributed by atoms with Crippen molar-refractivity contribution in [1.82, 2.24) is 10.3 Å². The summed E-state index contributed by atoms with van der Waals surface area (Å²) in [5, 5.41) is 6.18. The number of carbonyl (C=O) groups excluding carboxylic acids is 1. The highest BCUT2D eigenvalue weighted by molar-refractivity contribution is 5.99. The monoisotopic (exact) mass is 283 g/mol. The normalized spacial score (nSPS) is 14.3. The van der Waals surface area contributed by atoms with E-state index in [1.807, 2.05) is 37.3 Å². The lowest BCUT2D eigenvalue weighted by molar-refractivity contribution is 0.0935. The molecule has 0 bridgehead atoms. The zero-order valence-electron chi connectivity index (χ0n) is 11.8. The van der Waals surface area contributed by atoms with Gasteiger partial charge in [-0.15, -0.1) is 0 Å². The largest absolute Gasteiger partial charge is 0.489 e. The molecule has 1 aliphatic rings. The van der Waals surface area contributed by atoms with Gasteiger partial charge in [0.1, 0.15) is 6.61 Å². The average molecular weight is 283 g/mol. The molecule has 2 heterocycles. The van der Waals surface area contributed by atoms with E-state index in [4.69, 9.17) is 4.74 Å². The number of nitrogens with zero attached hydrogens (tertiary/aromatic N) is 1. The van der Waals surface area contributed by atoms with Crippen molar-refractivity contribution in [3.05, 3.63) is 53.9 Å². The topological polar surface area (TPSA) is 63.2 Å². The first-order valence-electron chi connectivity index (χ1n) is 6.97. The van der Waals surface area contributed by atoms with Crippen LogP contribution in [0.4, 0.5) is 5.69 Å². The summed E-state index contributed by atoms with van der Waals surface area (Å²) in [5.41, 5.74) is 2.23. The second-order valence-electron chi connectivity index (χ2n) is 4.91. The summed E-state index contributed by atoms with van der Waals surface area (Å²) in [7, 11) is 0. The second-order valence-corrected chi connectivity index (χ2v) is 4.91. The minimum Gasteiger partial charge on any atom is -0.489 e. The van der Waals surface area contributed by atoms with Crippen molar-refractivity contribution in [2.75, 3.05) is 18.5 Å². The van der Waals surface area contributed by atoms with Gasteiger partial charge in [-0.3, -0.25) is 9.78 Å². The first kappa shape index (κ1) is 13.4. The van der Waals surface area contributed by atoms with E-state index >= 15 is 0 Å². The molecule has 1 amide bonds. The lowest BCUT2D eigenvalue weighted by Gasteiger charge is -2.22. The summed E-state index contributed by atoms with van der Waals surface area (Å²) in [5.74, 6) is 0.461. The number of fused-ring (bicyclic) bond motifs is 1. The number of pyridine rings is 1. The molecule has 0 aliphatic carbocycles. The minimum atomic E-state index is -0.161. The average Bonchev–Trinajstić information content (AvgIpc) is 2.55. The van der Waals surface area contributed by atoms with E-state index in [1.165, 1.54) is 0 Å². The van der Waals surface area contributed by atoms with Crippen molar-refractivity contribution in [3.8, 4) is 5.75 Å². The summed E-state index contributed by atoms with van der Waals surface area (Å²) in [6.07, 6.45) is 1.72. The van der Waals surface area contributed by atoms with E-state index in [2.05, 4.69) is 15.6 Å². The van der Waals surface area contributed by atoms with Crippen LogP contribution in [0.1, 0.15) is 29.0 Å². The van der Waals surface area contributed by atoms with Crippen LogP contribution in [0.5, 0.6) is 5.75 Å². The fraction of sp³-hybridized carbons (Fsp3) is 0.250. The molecule has 0 spiro atoms. The molecule has 1 aromatic heterocycles. The highest BCUT2D eigenvalue weighted by Crippen LogP contribution is 2.31. The van der Waals surface area contributed by atoms with E-state index in [9.17, 15) is 4.79 Å². The number of hydrogen-bond donors (Lipinski definition) is 2. The Labute approximate surface area is 123 Å². The van der Waals surface area contributed by atoms with Crippen molar-refractivity contribution < 1.29 is 9.53 Å². The van der Waals surface area contributed by atoms with Crippen LogP contribution in [0, 0.1) is 0 Å². The Balaban J connectivity index is 1.80. The fourth-order valence-electron chi connectivity index (χ4n) is 2.33. The number of anilines is 1. The van der Waals surface area contributed by atoms with Gasteiger partial charge in [0.05, 0.1) is 23.0 Å². The molecule has 0 saturated carbocycles. The molecule has 2 N–H and O–H groups in total. The third kappa shape index (κ3) is 2.81. The molecule has 0 radical (unpaired) electrons. The highest BCUT2D eigenvalue weighted by Gasteiger charge is 2.20. The van der Waals surface area contributed by atoms with E-state index < -0.39 is 0 Å². The van der Waals surface area contributed by atoms with Crippen molar-refractivity contribution >= 4 is 11.6 Å². The number of carbonyl (C=O) groups is 1. The molecule has 2 aromatic rings. The van der Waals surface area contributed by atoms with Crippen molar-refractivity contribution in [1.29, 1.82) is 0 Å². The lowest BCUT2D eigenvalue weighted by atomic mass is 10.1. The third-order valence-electron chi connectivity index (χ3n) is 3.40. The van der Waals surface area contributed by atoms with E-state index in [1.54, 1.807) is 12.3 Å². The Kier molecular flexibility index (Phi) is 3.73. The van der Waals surface area contributed by atoms with E-state index in [-0.39, 0.29) is 11.9 Å². The molecule has 5 nitrogen and oxygen atoms in total. The van der Waals surface area contributed by atoms with Gasteiger partial charge in [0.15, 0.2) is 5.75 Å². The van der Waals surface area contributed by atoms with Crippen LogP contribution in [0.3, 0.4) is 0 Å². The Morgan fingerprint density at radius 1 is 1.33 bits per heavy atom. The Hall–Kier alpha value is -2.56. The molecule has 1 aliphatic heterocycles. The highest BCUT2D eigenvalue weighted by atomic mass is 16.5. The Bertz CT molecular complexity index is 643. The Morgan fingerprint density at radius 3 is 3.05 bits per heavy atom. The summed E-state index contributed by atoms with van der Waals surface area (Å²) >= 11 is 0. The second kappa shape index (κ2) is 5.83. The van der Waals surface area contributed by atoms with Crippen molar-refractivity contribution in [3.63, 3.8) is 0 Å². The quantitative estimate of drug-likeness (QED) is 0.908. The van der Waals surface area contributed by atoms with Gasteiger partial charge in [-0.05, 0) is 31.2 Å². The SMILES string of the molecule is C[C@H](NC(=O)c1cccc2c1OCCN2)c1ccccn1. The number of aromatic nitrogens is 1. The number of hydrogen-bond acceptors (Lipinski definition) is 4. The van der Waals surface area contributed by atoms with Crippen LogP contribution < -0.4 is 15.4 Å². The van der Waals surface area contributed by atoms with Crippen LogP contribution >= 0.6 is 0 Å². The van der Waals surface area contributed by atoms with Gasteiger partial charge in [-0.25, -0.2) is 0 Å². The van der Waals surface area contributed by atoms with Crippen molar-refractivity contribution in [2.45, 2.75) is 13.0 Å². The van der Waals surface area contributed by atoms with Gasteiger partial charge in [-0.2, -0.15) is 0 Å². The number of amides is 1. The predicted molar refractivity (Wildman–Crippen MR) is 80.5 cm³/mol. The molecule has 0 unspecified atom stereocenters. The Morgan fingerprint density at radius 2 is 2.24 bits per heavy atom. The molecular weight excluding hydrogens is 266 g/mol. The van der Waals surface area contributed by atoms with Gasteiger partial charge < -0.3 is 15.4 Å². The van der Waals surface area contributed by atoms with Gasteiger partial charge in [0.2, 0.25) is 0 Å². The van der Waals surface area contributed by atoms with Crippen LogP contribution in [-0.4, -0.2) is 24.0 Å². The number of nitrogens with one attached hydrogen (secondary N) is 2. The molecule has 0 fully saturated rings. The zero-order valence-corrected chi connectivity index (χ0v) is 11.8. The number of ether oxygens (including phenoxy) is 1. The van der Waals surface area contributed by atoms with Gasteiger partial charge >= 0.3 is 0 Å². The molecule has 1 aromatic carbocycles. The number of rotatable bonds is 3. The zero-order chi connectivity index (χ0) is 14.7. The smallest absolute Gasteiger partial charge is 0.255 e. The fourth-order valence-corrected chi connectivity index (χ4v) is 2.33. The van der Waals surface area contributed by atoms with Gasteiger partial charge in [0.25, 0.3) is 5.91 Å². The molecule has 21 heavy (non-hydrogen) atoms. The van der Waals surface area contributed by atoms with Crippen LogP contribution in [0.15, 0.2) is 42.6 Å². The third-order valence-corrected chi connectivity index (χ3v) is 3.40. The summed E-state index contributed by atoms with van der Waals surface area (Å²) in [6.45, 7) is 3.23. The van der Waals surface area contributed by atoms with Crippen LogP contribution in [0.25, 0.3) is 0 Å². The maximum Gasteiger partial charge on any atom is 0.255 e. The maximum absolute atomic E-state index is 12.5. The number of benzene rings is 1. The molecule has 5 heteroatoms. The van der Waals surface area contributed by atoms with Crippen LogP contribution in [0.2, 0.25) is 0 Å². The molecule has 3 rings (SSSR count). The van der Waals surface area contributed by atoms with Crippen LogP contribution in [-0.2, 0) is 0 Å². The maximum atomic E-state index is 12.5. The molecular formula is C16H17N3O2. The van der Waals surface area contributed by atoms with Gasteiger partial charge in [-0.1, -0.05) is 12.1 Å². The van der Waals surface area contributed by atoms with E-state index in [0.29, 0.717) is 17.9 Å². The number of para-hydroxylation sites is 1.